The summed E-state index contributed by atoms with van der Waals surface area (Å²) in [6.07, 6.45) is -0.522. The molecule has 1 aromatic rings. The van der Waals surface area contributed by atoms with Gasteiger partial charge in [0.15, 0.2) is 6.10 Å². The number of ether oxygens (including phenoxy) is 1. The molecule has 0 saturated heterocycles. The zero-order valence-electron chi connectivity index (χ0n) is 10.6. The van der Waals surface area contributed by atoms with Gasteiger partial charge in [0.25, 0.3) is 5.91 Å². The summed E-state index contributed by atoms with van der Waals surface area (Å²) in [6, 6.07) is 7.58. The van der Waals surface area contributed by atoms with Gasteiger partial charge in [0, 0.05) is 12.6 Å². The van der Waals surface area contributed by atoms with E-state index in [0.29, 0.717) is 12.3 Å². The molecule has 0 saturated carbocycles. The molecule has 94 valence electrons. The first-order valence-electron chi connectivity index (χ1n) is 5.76. The second-order valence-electron chi connectivity index (χ2n) is 4.22. The van der Waals surface area contributed by atoms with Gasteiger partial charge in [-0.1, -0.05) is 12.1 Å². The van der Waals surface area contributed by atoms with Crippen molar-refractivity contribution in [1.82, 2.24) is 5.32 Å². The summed E-state index contributed by atoms with van der Waals surface area (Å²) in [4.78, 5) is 11.7. The molecule has 0 aromatic heterocycles. The number of hydrogen-bond acceptors (Lipinski definition) is 3. The highest BCUT2D eigenvalue weighted by atomic mass is 16.5. The molecule has 0 aliphatic carbocycles. The summed E-state index contributed by atoms with van der Waals surface area (Å²) in [5, 5.41) is 2.78. The van der Waals surface area contributed by atoms with Crippen molar-refractivity contribution in [3.05, 3.63) is 29.8 Å². The Bertz CT molecular complexity index is 379. The highest BCUT2D eigenvalue weighted by Crippen LogP contribution is 2.14. The summed E-state index contributed by atoms with van der Waals surface area (Å²) < 4.78 is 5.55. The minimum Gasteiger partial charge on any atom is -0.481 e. The predicted octanol–water partition coefficient (Wildman–Crippen LogP) is 1.23. The number of carbonyl (C=O) groups is 1. The molecule has 1 aromatic carbocycles. The quantitative estimate of drug-likeness (QED) is 0.808. The van der Waals surface area contributed by atoms with Crippen molar-refractivity contribution in [1.29, 1.82) is 0 Å². The second kappa shape index (κ2) is 6.25. The Hall–Kier alpha value is -1.55. The van der Waals surface area contributed by atoms with Crippen LogP contribution in [0.4, 0.5) is 0 Å². The lowest BCUT2D eigenvalue weighted by Crippen LogP contribution is -2.44. The number of benzene rings is 1. The fourth-order valence-electron chi connectivity index (χ4n) is 1.37. The number of amides is 1. The average Bonchev–Trinajstić information content (AvgIpc) is 2.28. The third kappa shape index (κ3) is 4.44. The van der Waals surface area contributed by atoms with Crippen LogP contribution in [0.5, 0.6) is 5.75 Å². The van der Waals surface area contributed by atoms with Crippen LogP contribution in [0.2, 0.25) is 0 Å². The Labute approximate surface area is 102 Å². The maximum absolute atomic E-state index is 11.7. The van der Waals surface area contributed by atoms with Gasteiger partial charge in [0.05, 0.1) is 0 Å². The Morgan fingerprint density at radius 2 is 2.18 bits per heavy atom. The van der Waals surface area contributed by atoms with Crippen molar-refractivity contribution in [2.45, 2.75) is 32.9 Å². The lowest BCUT2D eigenvalue weighted by atomic mass is 10.2. The molecule has 17 heavy (non-hydrogen) atoms. The third-order valence-corrected chi connectivity index (χ3v) is 2.41. The van der Waals surface area contributed by atoms with E-state index < -0.39 is 6.10 Å². The number of nitrogens with one attached hydrogen (secondary N) is 1. The minimum absolute atomic E-state index is 0.0361. The van der Waals surface area contributed by atoms with Crippen molar-refractivity contribution < 1.29 is 9.53 Å². The summed E-state index contributed by atoms with van der Waals surface area (Å²) in [7, 11) is 0. The van der Waals surface area contributed by atoms with E-state index in [9.17, 15) is 4.79 Å². The van der Waals surface area contributed by atoms with E-state index in [2.05, 4.69) is 5.32 Å². The first-order chi connectivity index (χ1) is 8.02. The molecule has 3 N–H and O–H groups in total. The molecule has 0 spiro atoms. The van der Waals surface area contributed by atoms with Crippen LogP contribution >= 0.6 is 0 Å². The summed E-state index contributed by atoms with van der Waals surface area (Å²) in [5.74, 6) is 0.553. The van der Waals surface area contributed by atoms with Crippen molar-refractivity contribution in [3.8, 4) is 5.75 Å². The smallest absolute Gasteiger partial charge is 0.261 e. The van der Waals surface area contributed by atoms with Gasteiger partial charge < -0.3 is 15.8 Å². The van der Waals surface area contributed by atoms with Crippen LogP contribution < -0.4 is 15.8 Å². The van der Waals surface area contributed by atoms with Gasteiger partial charge in [0.2, 0.25) is 0 Å². The molecule has 0 heterocycles. The van der Waals surface area contributed by atoms with Crippen LogP contribution in [0.1, 0.15) is 19.4 Å². The van der Waals surface area contributed by atoms with Crippen molar-refractivity contribution in [2.24, 2.45) is 5.73 Å². The monoisotopic (exact) mass is 236 g/mol. The molecule has 1 amide bonds. The predicted molar refractivity (Wildman–Crippen MR) is 67.9 cm³/mol. The number of aryl methyl sites for hydroxylation is 1. The zero-order chi connectivity index (χ0) is 12.8. The molecule has 4 nitrogen and oxygen atoms in total. The van der Waals surface area contributed by atoms with Crippen LogP contribution in [0.25, 0.3) is 0 Å². The van der Waals surface area contributed by atoms with Gasteiger partial charge in [-0.15, -0.1) is 0 Å². The molecule has 1 rings (SSSR count). The number of hydrogen-bond donors (Lipinski definition) is 2. The fraction of sp³-hybridized carbons (Fsp3) is 0.462. The average molecular weight is 236 g/mol. The molecular formula is C13H20N2O2. The maximum atomic E-state index is 11.7. The van der Waals surface area contributed by atoms with Crippen molar-refractivity contribution in [2.75, 3.05) is 6.54 Å². The molecule has 1 unspecified atom stereocenters. The molecular weight excluding hydrogens is 216 g/mol. The zero-order valence-corrected chi connectivity index (χ0v) is 10.6. The Morgan fingerprint density at radius 3 is 2.76 bits per heavy atom. The Balaban J connectivity index is 2.54. The first kappa shape index (κ1) is 13.5. The standard InChI is InChI=1S/C13H20N2O2/c1-9-5-4-6-12(7-9)17-11(3)13(16)15-10(2)8-14/h4-7,10-11H,8,14H2,1-3H3,(H,15,16)/t10-,11?/m0/s1. The number of carbonyl (C=O) groups excluding carboxylic acids is 1. The highest BCUT2D eigenvalue weighted by Gasteiger charge is 2.16. The molecule has 0 bridgehead atoms. The maximum Gasteiger partial charge on any atom is 0.261 e. The molecule has 0 aliphatic rings. The summed E-state index contributed by atoms with van der Waals surface area (Å²) >= 11 is 0. The molecule has 0 radical (unpaired) electrons. The van der Waals surface area contributed by atoms with Gasteiger partial charge in [-0.3, -0.25) is 4.79 Å². The summed E-state index contributed by atoms with van der Waals surface area (Å²) in [6.45, 7) is 5.98. The number of nitrogens with two attached hydrogens (primary N) is 1. The summed E-state index contributed by atoms with van der Waals surface area (Å²) in [5.41, 5.74) is 6.54. The topological polar surface area (TPSA) is 64.3 Å². The second-order valence-corrected chi connectivity index (χ2v) is 4.22. The van der Waals surface area contributed by atoms with Crippen LogP contribution in [0.15, 0.2) is 24.3 Å². The Kier molecular flexibility index (Phi) is 4.97. The largest absolute Gasteiger partial charge is 0.481 e. The molecule has 0 aliphatic heterocycles. The van der Waals surface area contributed by atoms with Crippen LogP contribution in [-0.4, -0.2) is 24.6 Å². The molecule has 2 atom stereocenters. The van der Waals surface area contributed by atoms with Gasteiger partial charge >= 0.3 is 0 Å². The van der Waals surface area contributed by atoms with Crippen LogP contribution in [0.3, 0.4) is 0 Å². The van der Waals surface area contributed by atoms with Gasteiger partial charge in [-0.25, -0.2) is 0 Å². The van der Waals surface area contributed by atoms with Crippen LogP contribution in [0, 0.1) is 6.92 Å². The van der Waals surface area contributed by atoms with Gasteiger partial charge in [-0.05, 0) is 38.5 Å². The lowest BCUT2D eigenvalue weighted by molar-refractivity contribution is -0.127. The van der Waals surface area contributed by atoms with Gasteiger partial charge in [-0.2, -0.15) is 0 Å². The van der Waals surface area contributed by atoms with Crippen LogP contribution in [-0.2, 0) is 4.79 Å². The van der Waals surface area contributed by atoms with E-state index in [4.69, 9.17) is 10.5 Å². The van der Waals surface area contributed by atoms with E-state index in [1.807, 2.05) is 38.1 Å². The first-order valence-corrected chi connectivity index (χ1v) is 5.76. The van der Waals surface area contributed by atoms with Crippen molar-refractivity contribution >= 4 is 5.91 Å². The van der Waals surface area contributed by atoms with E-state index >= 15 is 0 Å². The van der Waals surface area contributed by atoms with Crippen molar-refractivity contribution in [3.63, 3.8) is 0 Å². The van der Waals surface area contributed by atoms with E-state index in [1.54, 1.807) is 6.92 Å². The van der Waals surface area contributed by atoms with E-state index in [0.717, 1.165) is 5.56 Å². The normalized spacial score (nSPS) is 13.9. The number of rotatable bonds is 5. The Morgan fingerprint density at radius 1 is 1.47 bits per heavy atom. The van der Waals surface area contributed by atoms with E-state index in [-0.39, 0.29) is 11.9 Å². The molecule has 4 heteroatoms. The SMILES string of the molecule is Cc1cccc(OC(C)C(=O)N[C@@H](C)CN)c1. The minimum atomic E-state index is -0.522. The van der Waals surface area contributed by atoms with Gasteiger partial charge in [0.1, 0.15) is 5.75 Å². The lowest BCUT2D eigenvalue weighted by Gasteiger charge is -2.17. The third-order valence-electron chi connectivity index (χ3n) is 2.41. The highest BCUT2D eigenvalue weighted by molar-refractivity contribution is 5.81. The fourth-order valence-corrected chi connectivity index (χ4v) is 1.37. The molecule has 0 fully saturated rings. The van der Waals surface area contributed by atoms with E-state index in [1.165, 1.54) is 0 Å².